The van der Waals surface area contributed by atoms with Gasteiger partial charge in [-0.15, -0.1) is 0 Å². The molecule has 0 aliphatic heterocycles. The van der Waals surface area contributed by atoms with Crippen molar-refractivity contribution in [2.45, 2.75) is 11.1 Å². The average molecular weight is 450 g/mol. The molecule has 0 aliphatic carbocycles. The van der Waals surface area contributed by atoms with E-state index in [0.29, 0.717) is 5.69 Å². The fourth-order valence-corrected chi connectivity index (χ4v) is 3.70. The summed E-state index contributed by atoms with van der Waals surface area (Å²) in [4.78, 5) is 7.29. The molecular formula is C18H13F3N6O3S. The second-order valence-electron chi connectivity index (χ2n) is 6.25. The molecule has 0 N–H and O–H groups in total. The van der Waals surface area contributed by atoms with Crippen molar-refractivity contribution in [1.29, 1.82) is 0 Å². The molecule has 0 fully saturated rings. The number of anilines is 1. The smallest absolute Gasteiger partial charge is 0.329 e. The van der Waals surface area contributed by atoms with Gasteiger partial charge in [0.25, 0.3) is 10.0 Å². The van der Waals surface area contributed by atoms with Crippen molar-refractivity contribution in [3.63, 3.8) is 0 Å². The molecule has 4 rings (SSSR count). The normalized spacial score (nSPS) is 12.1. The lowest BCUT2D eigenvalue weighted by atomic mass is 10.2. The van der Waals surface area contributed by atoms with Crippen LogP contribution in [0, 0.1) is 0 Å². The molecule has 1 aromatic carbocycles. The highest BCUT2D eigenvalue weighted by atomic mass is 32.2. The van der Waals surface area contributed by atoms with E-state index in [0.717, 1.165) is 4.31 Å². The summed E-state index contributed by atoms with van der Waals surface area (Å²) in [5.74, 6) is -1.41. The van der Waals surface area contributed by atoms with Crippen LogP contribution >= 0.6 is 0 Å². The molecule has 0 saturated carbocycles. The predicted octanol–water partition coefficient (Wildman–Crippen LogP) is 3.16. The molecule has 13 heteroatoms. The maximum atomic E-state index is 12.8. The Morgan fingerprint density at radius 1 is 1.10 bits per heavy atom. The number of hydrogen-bond acceptors (Lipinski definition) is 7. The number of hydrogen-bond donors (Lipinski definition) is 0. The number of pyridine rings is 1. The van der Waals surface area contributed by atoms with E-state index in [1.807, 2.05) is 0 Å². The van der Waals surface area contributed by atoms with Gasteiger partial charge in [-0.1, -0.05) is 11.2 Å². The van der Waals surface area contributed by atoms with E-state index in [9.17, 15) is 21.6 Å². The van der Waals surface area contributed by atoms with Crippen LogP contribution in [0.5, 0.6) is 0 Å². The zero-order valence-corrected chi connectivity index (χ0v) is 16.5. The van der Waals surface area contributed by atoms with Crippen LogP contribution in [0.2, 0.25) is 0 Å². The van der Waals surface area contributed by atoms with Gasteiger partial charge in [0.1, 0.15) is 10.7 Å². The van der Waals surface area contributed by atoms with Crippen LogP contribution in [0.1, 0.15) is 5.89 Å². The van der Waals surface area contributed by atoms with Crippen LogP contribution in [0.25, 0.3) is 17.1 Å². The van der Waals surface area contributed by atoms with Gasteiger partial charge >= 0.3 is 12.1 Å². The van der Waals surface area contributed by atoms with E-state index >= 15 is 0 Å². The van der Waals surface area contributed by atoms with E-state index in [1.165, 1.54) is 54.6 Å². The van der Waals surface area contributed by atoms with Crippen molar-refractivity contribution in [3.8, 4) is 17.1 Å². The van der Waals surface area contributed by atoms with E-state index in [1.54, 1.807) is 18.2 Å². The van der Waals surface area contributed by atoms with Gasteiger partial charge in [-0.3, -0.25) is 4.31 Å². The Labute approximate surface area is 173 Å². The predicted molar refractivity (Wildman–Crippen MR) is 102 cm³/mol. The molecule has 0 spiro atoms. The number of rotatable bonds is 5. The molecular weight excluding hydrogens is 437 g/mol. The summed E-state index contributed by atoms with van der Waals surface area (Å²) >= 11 is 0. The Kier molecular flexibility index (Phi) is 4.97. The lowest BCUT2D eigenvalue weighted by Gasteiger charge is -2.16. The molecule has 0 aliphatic rings. The van der Waals surface area contributed by atoms with Crippen LogP contribution in [-0.4, -0.2) is 40.4 Å². The number of aromatic nitrogens is 5. The Balaban J connectivity index is 1.57. The molecule has 4 aromatic rings. The summed E-state index contributed by atoms with van der Waals surface area (Å²) in [7, 11) is -2.51. The zero-order chi connectivity index (χ0) is 22.2. The van der Waals surface area contributed by atoms with Crippen LogP contribution in [0.15, 0.2) is 70.5 Å². The van der Waals surface area contributed by atoms with Crippen molar-refractivity contribution in [1.82, 2.24) is 24.9 Å². The van der Waals surface area contributed by atoms with Crippen molar-refractivity contribution >= 4 is 15.8 Å². The van der Waals surface area contributed by atoms with Crippen molar-refractivity contribution in [3.05, 3.63) is 66.9 Å². The monoisotopic (exact) mass is 450 g/mol. The molecule has 3 heterocycles. The maximum Gasteiger partial charge on any atom is 0.471 e. The van der Waals surface area contributed by atoms with Crippen LogP contribution < -0.4 is 4.31 Å². The van der Waals surface area contributed by atoms with Gasteiger partial charge in [0, 0.05) is 18.8 Å². The van der Waals surface area contributed by atoms with Gasteiger partial charge in [0.05, 0.1) is 18.1 Å². The minimum atomic E-state index is -4.73. The third-order valence-corrected chi connectivity index (χ3v) is 5.96. The number of sulfonamides is 1. The minimum Gasteiger partial charge on any atom is -0.329 e. The summed E-state index contributed by atoms with van der Waals surface area (Å²) in [6.45, 7) is 0. The first-order valence-corrected chi connectivity index (χ1v) is 10.1. The largest absolute Gasteiger partial charge is 0.471 e. The third-order valence-electron chi connectivity index (χ3n) is 4.25. The van der Waals surface area contributed by atoms with Gasteiger partial charge < -0.3 is 4.52 Å². The second kappa shape index (κ2) is 7.50. The van der Waals surface area contributed by atoms with E-state index < -0.39 is 22.1 Å². The first-order chi connectivity index (χ1) is 14.7. The molecule has 0 amide bonds. The topological polar surface area (TPSA) is 107 Å². The van der Waals surface area contributed by atoms with Crippen molar-refractivity contribution in [2.24, 2.45) is 0 Å². The summed E-state index contributed by atoms with van der Waals surface area (Å²) < 4.78 is 70.0. The molecule has 0 bridgehead atoms. The molecule has 0 radical (unpaired) electrons. The molecule has 0 atom stereocenters. The lowest BCUT2D eigenvalue weighted by molar-refractivity contribution is -0.159. The fraction of sp³-hybridized carbons (Fsp3) is 0.111. The number of alkyl halides is 3. The van der Waals surface area contributed by atoms with Gasteiger partial charge in [-0.05, 0) is 36.4 Å². The lowest BCUT2D eigenvalue weighted by Crippen LogP contribution is -2.27. The number of halogens is 3. The quantitative estimate of drug-likeness (QED) is 0.460. The Hall–Kier alpha value is -3.74. The van der Waals surface area contributed by atoms with Gasteiger partial charge in [-0.2, -0.15) is 23.3 Å². The van der Waals surface area contributed by atoms with Gasteiger partial charge in [0.15, 0.2) is 0 Å². The van der Waals surface area contributed by atoms with E-state index in [-0.39, 0.29) is 22.1 Å². The Morgan fingerprint density at radius 2 is 1.84 bits per heavy atom. The third kappa shape index (κ3) is 3.99. The molecule has 160 valence electrons. The highest BCUT2D eigenvalue weighted by molar-refractivity contribution is 7.92. The van der Waals surface area contributed by atoms with Crippen molar-refractivity contribution < 1.29 is 26.1 Å². The van der Waals surface area contributed by atoms with E-state index in [4.69, 9.17) is 0 Å². The Bertz CT molecular complexity index is 1300. The van der Waals surface area contributed by atoms with Crippen molar-refractivity contribution in [2.75, 3.05) is 11.4 Å². The van der Waals surface area contributed by atoms with Gasteiger partial charge in [0.2, 0.25) is 5.82 Å². The summed E-state index contributed by atoms with van der Waals surface area (Å²) in [5, 5.41) is 7.38. The number of nitrogens with zero attached hydrogens (tertiary/aromatic N) is 6. The molecule has 9 nitrogen and oxygen atoms in total. The minimum absolute atomic E-state index is 0.0577. The highest BCUT2D eigenvalue weighted by Crippen LogP contribution is 2.29. The fourth-order valence-electron chi connectivity index (χ4n) is 2.62. The molecule has 31 heavy (non-hydrogen) atoms. The van der Waals surface area contributed by atoms with Crippen LogP contribution in [-0.2, 0) is 16.2 Å². The molecule has 0 unspecified atom stereocenters. The van der Waals surface area contributed by atoms with Crippen LogP contribution in [0.4, 0.5) is 19.0 Å². The zero-order valence-electron chi connectivity index (χ0n) is 15.7. The first kappa shape index (κ1) is 20.5. The second-order valence-corrected chi connectivity index (χ2v) is 8.22. The molecule has 3 aromatic heterocycles. The first-order valence-electron chi connectivity index (χ1n) is 8.62. The summed E-state index contributed by atoms with van der Waals surface area (Å²) in [6, 6.07) is 10.9. The number of benzene rings is 1. The van der Waals surface area contributed by atoms with Gasteiger partial charge in [-0.25, -0.2) is 18.1 Å². The highest BCUT2D eigenvalue weighted by Gasteiger charge is 2.38. The van der Waals surface area contributed by atoms with E-state index in [2.05, 4.69) is 24.7 Å². The maximum absolute atomic E-state index is 12.8. The molecule has 0 saturated heterocycles. The SMILES string of the molecule is CN(c1ccccn1)S(=O)(=O)c1cnn(-c2ccc(-c3noc(C(F)(F)F)n3)cc2)c1. The average Bonchev–Trinajstić information content (AvgIpc) is 3.44. The summed E-state index contributed by atoms with van der Waals surface area (Å²) in [5.41, 5.74) is 0.767. The summed E-state index contributed by atoms with van der Waals surface area (Å²) in [6.07, 6.45) is -0.740. The Morgan fingerprint density at radius 3 is 2.45 bits per heavy atom. The standard InChI is InChI=1S/C18H13F3N6O3S/c1-26(15-4-2-3-9-22-15)31(28,29)14-10-23-27(11-14)13-7-5-12(6-8-13)16-24-17(30-25-16)18(19,20)21/h2-11H,1H3. The van der Waals surface area contributed by atoms with Crippen LogP contribution in [0.3, 0.4) is 0 Å².